The third-order valence-electron chi connectivity index (χ3n) is 28.3. The summed E-state index contributed by atoms with van der Waals surface area (Å²) in [5, 5.41) is 20.1. The Bertz CT molecular complexity index is 10300. The molecule has 30 aromatic rings. The molecular formula is C130H81N11O. The molecule has 12 nitrogen and oxygen atoms in total. The molecule has 0 N–H and O–H groups in total. The van der Waals surface area contributed by atoms with Crippen molar-refractivity contribution in [1.29, 1.82) is 0 Å². The van der Waals surface area contributed by atoms with E-state index in [2.05, 4.69) is 454 Å². The van der Waals surface area contributed by atoms with Crippen LogP contribution in [-0.2, 0) is 0 Å². The largest absolute Gasteiger partial charge is 0.452 e. The van der Waals surface area contributed by atoms with Gasteiger partial charge >= 0.3 is 0 Å². The van der Waals surface area contributed by atoms with Gasteiger partial charge < -0.3 is 13.6 Å². The molecule has 0 aliphatic carbocycles. The Kier molecular flexibility index (Phi) is 19.0. The second-order valence-electron chi connectivity index (χ2n) is 36.3. The van der Waals surface area contributed by atoms with Crippen molar-refractivity contribution in [1.82, 2.24) is 52.7 Å². The Balaban J connectivity index is 0.000000105. The minimum Gasteiger partial charge on any atom is -0.452 e. The van der Waals surface area contributed by atoms with Gasteiger partial charge in [0, 0.05) is 98.1 Å². The predicted molar refractivity (Wildman–Crippen MR) is 588 cm³/mol. The fraction of sp³-hybridized carbons (Fsp3) is 0. The first-order valence-electron chi connectivity index (χ1n) is 48.0. The SMILES string of the molecule is c1ccc(-c2ccc3c4c5ccccc5ccc4n(-c4nc(-c5ccccc5)c5ccccc5n4)c3c2)cc1.c1ccc(-c2nc(-n3c4ccccc4c4cc(-c5ccc6c(c5)c5c7ccccc7ccc5n6-c5ccccc5)ccc43)nc3ccccc23)cc1.c1ccc(-c2nc(-n3c4ccccc4c4cc(-c5ccc6c(c5)c5ccccc5n6-c5ccccc5)ccc43)nc3c2oc2ccccc23)cc1. The van der Waals surface area contributed by atoms with Crippen LogP contribution in [0.5, 0.6) is 0 Å². The number of hydrogen-bond donors (Lipinski definition) is 0. The van der Waals surface area contributed by atoms with E-state index in [0.29, 0.717) is 23.4 Å². The molecule has 0 atom stereocenters. The van der Waals surface area contributed by atoms with Crippen LogP contribution in [0.15, 0.2) is 496 Å². The Morgan fingerprint density at radius 3 is 0.958 bits per heavy atom. The van der Waals surface area contributed by atoms with Crippen LogP contribution >= 0.6 is 0 Å². The molecule has 9 aromatic heterocycles. The molecule has 0 aliphatic heterocycles. The van der Waals surface area contributed by atoms with Gasteiger partial charge in [0.25, 0.3) is 0 Å². The van der Waals surface area contributed by atoms with Crippen LogP contribution in [-0.4, -0.2) is 52.7 Å². The van der Waals surface area contributed by atoms with Gasteiger partial charge in [0.15, 0.2) is 5.58 Å². The monoisotopic (exact) mass is 1810 g/mol. The van der Waals surface area contributed by atoms with Crippen LogP contribution in [0.2, 0.25) is 0 Å². The molecule has 0 saturated carbocycles. The molecule has 0 aliphatic rings. The minimum absolute atomic E-state index is 0.613. The van der Waals surface area contributed by atoms with Gasteiger partial charge in [-0.3, -0.25) is 13.7 Å². The van der Waals surface area contributed by atoms with Crippen molar-refractivity contribution >= 4 is 174 Å². The summed E-state index contributed by atoms with van der Waals surface area (Å²) in [7, 11) is 0. The van der Waals surface area contributed by atoms with Gasteiger partial charge in [-0.05, 0) is 188 Å². The highest BCUT2D eigenvalue weighted by Gasteiger charge is 2.27. The first-order valence-corrected chi connectivity index (χ1v) is 48.0. The van der Waals surface area contributed by atoms with E-state index in [-0.39, 0.29) is 0 Å². The van der Waals surface area contributed by atoms with Crippen molar-refractivity contribution in [2.45, 2.75) is 0 Å². The number of fused-ring (bicyclic) bond motifs is 24. The van der Waals surface area contributed by atoms with Crippen LogP contribution in [0.25, 0.3) is 271 Å². The molecule has 9 heterocycles. The predicted octanol–water partition coefficient (Wildman–Crippen LogP) is 33.4. The molecule has 0 amide bonds. The molecule has 0 unspecified atom stereocenters. The Morgan fingerprint density at radius 2 is 0.472 bits per heavy atom. The van der Waals surface area contributed by atoms with Crippen molar-refractivity contribution in [3.63, 3.8) is 0 Å². The number of nitrogens with zero attached hydrogens (tertiary/aromatic N) is 11. The molecule has 12 heteroatoms. The Labute approximate surface area is 813 Å². The number of aromatic nitrogens is 11. The zero-order valence-corrected chi connectivity index (χ0v) is 76.6. The number of para-hydroxylation sites is 8. The zero-order valence-electron chi connectivity index (χ0n) is 76.6. The zero-order chi connectivity index (χ0) is 93.4. The first-order chi connectivity index (χ1) is 70.4. The molecule has 0 spiro atoms. The van der Waals surface area contributed by atoms with E-state index in [9.17, 15) is 0 Å². The van der Waals surface area contributed by atoms with Crippen molar-refractivity contribution in [2.75, 3.05) is 0 Å². The minimum atomic E-state index is 0.613. The van der Waals surface area contributed by atoms with Gasteiger partial charge in [0.05, 0.1) is 77.6 Å². The van der Waals surface area contributed by atoms with Crippen molar-refractivity contribution in [2.24, 2.45) is 0 Å². The average Bonchev–Trinajstić information content (AvgIpc) is 1.58. The highest BCUT2D eigenvalue weighted by atomic mass is 16.3. The van der Waals surface area contributed by atoms with E-state index in [0.717, 1.165) is 133 Å². The van der Waals surface area contributed by atoms with E-state index >= 15 is 0 Å². The topological polar surface area (TPSA) is 115 Å². The molecule has 0 bridgehead atoms. The number of rotatable bonds is 11. The van der Waals surface area contributed by atoms with Gasteiger partial charge in [-0.25, -0.2) is 29.9 Å². The van der Waals surface area contributed by atoms with Gasteiger partial charge in [-0.15, -0.1) is 0 Å². The maximum atomic E-state index is 6.40. The third kappa shape index (κ3) is 13.4. The molecule has 142 heavy (non-hydrogen) atoms. The Morgan fingerprint density at radius 1 is 0.162 bits per heavy atom. The molecule has 0 fully saturated rings. The lowest BCUT2D eigenvalue weighted by atomic mass is 9.99. The summed E-state index contributed by atoms with van der Waals surface area (Å²) in [5.41, 5.74) is 30.5. The summed E-state index contributed by atoms with van der Waals surface area (Å²) < 4.78 is 17.8. The smallest absolute Gasteiger partial charge is 0.236 e. The summed E-state index contributed by atoms with van der Waals surface area (Å²) in [5.74, 6) is 1.95. The lowest BCUT2D eigenvalue weighted by Gasteiger charge is -2.12. The van der Waals surface area contributed by atoms with E-state index in [4.69, 9.17) is 34.3 Å². The summed E-state index contributed by atoms with van der Waals surface area (Å²) in [4.78, 5) is 31.3. The van der Waals surface area contributed by atoms with Crippen molar-refractivity contribution < 1.29 is 4.42 Å². The standard InChI is InChI=1S/C48H30N4.C46H28N4O.C36H23N3/c1-3-14-32(15-4-1)47-38-20-9-11-21-41(38)49-48(50-47)52-42-22-12-10-19-37(42)39-29-33(24-26-43(39)52)34-25-27-44-40(30-34)46-36-18-8-7-13-31(36)23-28-45(46)51(44)35-16-5-2-6-17-35;1-3-13-29(14-4-1)43-45-44(35-19-9-12-22-42(35)51-45)48-46(47-43)50-39-21-11-8-18-34(39)37-28-31(24-26-41(37)50)30-23-25-40-36(27-30)33-17-7-10-20-38(33)49(40)32-15-5-2-6-16-32;1-3-11-24(12-4-1)27-19-21-30-33(23-27)39(32-22-20-25-13-7-8-16-28(25)34(30)32)36-37-31-18-10-9-17-29(31)35(38-36)26-14-5-2-6-15-26/h1-30H;1-28H;1-23H. The Hall–Kier alpha value is -19.3. The number of hydrogen-bond acceptors (Lipinski definition) is 7. The van der Waals surface area contributed by atoms with Gasteiger partial charge in [0.1, 0.15) is 16.8 Å². The molecule has 21 aromatic carbocycles. The van der Waals surface area contributed by atoms with Gasteiger partial charge in [-0.2, -0.15) is 0 Å². The maximum Gasteiger partial charge on any atom is 0.236 e. The molecular weight excluding hydrogens is 1730 g/mol. The summed E-state index contributed by atoms with van der Waals surface area (Å²) in [6.45, 7) is 0. The van der Waals surface area contributed by atoms with E-state index in [1.807, 2.05) is 60.7 Å². The fourth-order valence-electron chi connectivity index (χ4n) is 21.8. The van der Waals surface area contributed by atoms with Crippen LogP contribution in [0.3, 0.4) is 0 Å². The third-order valence-corrected chi connectivity index (χ3v) is 28.3. The van der Waals surface area contributed by atoms with E-state index in [1.165, 1.54) is 115 Å². The highest BCUT2D eigenvalue weighted by Crippen LogP contribution is 2.47. The quantitative estimate of drug-likeness (QED) is 0.127. The van der Waals surface area contributed by atoms with Gasteiger partial charge in [-0.1, -0.05) is 358 Å². The van der Waals surface area contributed by atoms with Crippen LogP contribution in [0, 0.1) is 0 Å². The second kappa shape index (κ2) is 33.3. The molecule has 662 valence electrons. The summed E-state index contributed by atoms with van der Waals surface area (Å²) >= 11 is 0. The van der Waals surface area contributed by atoms with E-state index in [1.54, 1.807) is 0 Å². The number of benzene rings is 21. The van der Waals surface area contributed by atoms with Crippen molar-refractivity contribution in [3.8, 4) is 96.4 Å². The first kappa shape index (κ1) is 81.1. The molecule has 30 rings (SSSR count). The number of furan rings is 1. The van der Waals surface area contributed by atoms with Crippen molar-refractivity contribution in [3.05, 3.63) is 491 Å². The van der Waals surface area contributed by atoms with Crippen LogP contribution in [0.1, 0.15) is 0 Å². The lowest BCUT2D eigenvalue weighted by molar-refractivity contribution is 0.666. The maximum absolute atomic E-state index is 6.40. The molecule has 0 saturated heterocycles. The van der Waals surface area contributed by atoms with Crippen LogP contribution in [0.4, 0.5) is 0 Å². The van der Waals surface area contributed by atoms with Crippen LogP contribution < -0.4 is 0 Å². The summed E-state index contributed by atoms with van der Waals surface area (Å²) in [6.07, 6.45) is 0. The molecule has 0 radical (unpaired) electrons. The second-order valence-corrected chi connectivity index (χ2v) is 36.3. The van der Waals surface area contributed by atoms with E-state index < -0.39 is 0 Å². The normalized spacial score (nSPS) is 11.8. The lowest BCUT2D eigenvalue weighted by Crippen LogP contribution is -2.03. The summed E-state index contributed by atoms with van der Waals surface area (Å²) in [6, 6.07) is 174. The van der Waals surface area contributed by atoms with Gasteiger partial charge in [0.2, 0.25) is 17.8 Å². The fourth-order valence-corrected chi connectivity index (χ4v) is 21.8. The average molecular weight is 1810 g/mol. The highest BCUT2D eigenvalue weighted by molar-refractivity contribution is 6.24.